The number of hydrogen-bond acceptors (Lipinski definition) is 2. The smallest absolute Gasteiger partial charge is 0.224 e. The maximum atomic E-state index is 11.7. The fourth-order valence-electron chi connectivity index (χ4n) is 1.88. The van der Waals surface area contributed by atoms with Gasteiger partial charge in [-0.25, -0.2) is 0 Å². The van der Waals surface area contributed by atoms with Crippen LogP contribution in [0, 0.1) is 5.92 Å². The minimum absolute atomic E-state index is 0.145. The Morgan fingerprint density at radius 3 is 2.83 bits per heavy atom. The highest BCUT2D eigenvalue weighted by Gasteiger charge is 2.24. The van der Waals surface area contributed by atoms with E-state index in [9.17, 15) is 4.79 Å². The quantitative estimate of drug-likeness (QED) is 0.810. The van der Waals surface area contributed by atoms with E-state index in [1.165, 1.54) is 18.4 Å². The third-order valence-electron chi connectivity index (χ3n) is 3.10. The molecule has 0 aromatic heterocycles. The van der Waals surface area contributed by atoms with E-state index in [4.69, 9.17) is 0 Å². The molecule has 0 spiro atoms. The molecule has 1 amide bonds. The standard InChI is InChI=1S/C15H22N2O/c1-11(2)16-10-13-4-3-5-14(8-13)17-15(18)9-12-6-7-12/h3-5,8,11-12,16H,6-7,9-10H2,1-2H3,(H,17,18). The van der Waals surface area contributed by atoms with Crippen molar-refractivity contribution in [3.63, 3.8) is 0 Å². The number of amides is 1. The SMILES string of the molecule is CC(C)NCc1cccc(NC(=O)CC2CC2)c1. The molecule has 18 heavy (non-hydrogen) atoms. The molecule has 1 aliphatic rings. The summed E-state index contributed by atoms with van der Waals surface area (Å²) < 4.78 is 0. The first-order valence-corrected chi connectivity index (χ1v) is 6.75. The van der Waals surface area contributed by atoms with Gasteiger partial charge in [-0.15, -0.1) is 0 Å². The van der Waals surface area contributed by atoms with E-state index in [0.29, 0.717) is 18.4 Å². The van der Waals surface area contributed by atoms with Gasteiger partial charge in [-0.3, -0.25) is 4.79 Å². The van der Waals surface area contributed by atoms with Crippen LogP contribution in [0.3, 0.4) is 0 Å². The molecule has 1 aromatic carbocycles. The van der Waals surface area contributed by atoms with E-state index in [0.717, 1.165) is 12.2 Å². The van der Waals surface area contributed by atoms with E-state index >= 15 is 0 Å². The van der Waals surface area contributed by atoms with Gasteiger partial charge in [0.15, 0.2) is 0 Å². The van der Waals surface area contributed by atoms with Crippen molar-refractivity contribution >= 4 is 11.6 Å². The summed E-state index contributed by atoms with van der Waals surface area (Å²) in [7, 11) is 0. The zero-order valence-corrected chi connectivity index (χ0v) is 11.2. The Labute approximate surface area is 109 Å². The number of anilines is 1. The fraction of sp³-hybridized carbons (Fsp3) is 0.533. The van der Waals surface area contributed by atoms with E-state index < -0.39 is 0 Å². The molecule has 0 radical (unpaired) electrons. The summed E-state index contributed by atoms with van der Waals surface area (Å²) in [6, 6.07) is 8.53. The molecule has 98 valence electrons. The average Bonchev–Trinajstić information content (AvgIpc) is 3.10. The molecule has 0 saturated heterocycles. The van der Waals surface area contributed by atoms with Crippen LogP contribution in [0.4, 0.5) is 5.69 Å². The Hall–Kier alpha value is -1.35. The Morgan fingerprint density at radius 1 is 1.39 bits per heavy atom. The molecular weight excluding hydrogens is 224 g/mol. The van der Waals surface area contributed by atoms with E-state index in [1.807, 2.05) is 18.2 Å². The van der Waals surface area contributed by atoms with E-state index in [1.54, 1.807) is 0 Å². The molecule has 1 aromatic rings. The maximum absolute atomic E-state index is 11.7. The summed E-state index contributed by atoms with van der Waals surface area (Å²) in [6.07, 6.45) is 3.10. The van der Waals surface area contributed by atoms with Crippen molar-refractivity contribution in [2.75, 3.05) is 5.32 Å². The predicted molar refractivity (Wildman–Crippen MR) is 74.4 cm³/mol. The molecule has 0 aliphatic heterocycles. The topological polar surface area (TPSA) is 41.1 Å². The number of nitrogens with one attached hydrogen (secondary N) is 2. The van der Waals surface area contributed by atoms with Crippen molar-refractivity contribution in [3.8, 4) is 0 Å². The average molecular weight is 246 g/mol. The maximum Gasteiger partial charge on any atom is 0.224 e. The molecule has 1 fully saturated rings. The first-order valence-electron chi connectivity index (χ1n) is 6.75. The largest absolute Gasteiger partial charge is 0.326 e. The summed E-state index contributed by atoms with van der Waals surface area (Å²) >= 11 is 0. The monoisotopic (exact) mass is 246 g/mol. The van der Waals surface area contributed by atoms with Gasteiger partial charge in [-0.1, -0.05) is 26.0 Å². The van der Waals surface area contributed by atoms with Crippen LogP contribution in [0.1, 0.15) is 38.7 Å². The number of benzene rings is 1. The third-order valence-corrected chi connectivity index (χ3v) is 3.10. The Kier molecular flexibility index (Phi) is 4.37. The molecule has 3 heteroatoms. The summed E-state index contributed by atoms with van der Waals surface area (Å²) in [5, 5.41) is 6.35. The predicted octanol–water partition coefficient (Wildman–Crippen LogP) is 2.92. The first-order chi connectivity index (χ1) is 8.63. The first kappa shape index (κ1) is 13.1. The molecule has 0 atom stereocenters. The molecule has 1 saturated carbocycles. The van der Waals surface area contributed by atoms with Gasteiger partial charge < -0.3 is 10.6 Å². The highest BCUT2D eigenvalue weighted by molar-refractivity contribution is 5.91. The van der Waals surface area contributed by atoms with Crippen molar-refractivity contribution in [1.29, 1.82) is 0 Å². The van der Waals surface area contributed by atoms with Crippen LogP contribution in [0.2, 0.25) is 0 Å². The van der Waals surface area contributed by atoms with E-state index in [-0.39, 0.29) is 5.91 Å². The molecule has 3 nitrogen and oxygen atoms in total. The Morgan fingerprint density at radius 2 is 2.17 bits per heavy atom. The summed E-state index contributed by atoms with van der Waals surface area (Å²) in [6.45, 7) is 5.09. The Balaban J connectivity index is 1.87. The van der Waals surface area contributed by atoms with Crippen LogP contribution < -0.4 is 10.6 Å². The third kappa shape index (κ3) is 4.49. The molecule has 0 heterocycles. The summed E-state index contributed by atoms with van der Waals surface area (Å²) in [4.78, 5) is 11.7. The summed E-state index contributed by atoms with van der Waals surface area (Å²) in [5.41, 5.74) is 2.11. The van der Waals surface area contributed by atoms with Gasteiger partial charge >= 0.3 is 0 Å². The van der Waals surface area contributed by atoms with Crippen molar-refractivity contribution in [2.45, 2.75) is 45.7 Å². The van der Waals surface area contributed by atoms with Gasteiger partial charge in [-0.05, 0) is 36.5 Å². The molecule has 2 rings (SSSR count). The van der Waals surface area contributed by atoms with Gasteiger partial charge in [-0.2, -0.15) is 0 Å². The minimum Gasteiger partial charge on any atom is -0.326 e. The van der Waals surface area contributed by atoms with Crippen molar-refractivity contribution in [2.24, 2.45) is 5.92 Å². The second-order valence-electron chi connectivity index (χ2n) is 5.43. The van der Waals surface area contributed by atoms with Crippen molar-refractivity contribution in [1.82, 2.24) is 5.32 Å². The molecule has 1 aliphatic carbocycles. The highest BCUT2D eigenvalue weighted by Crippen LogP contribution is 2.32. The molecule has 0 unspecified atom stereocenters. The van der Waals surface area contributed by atoms with Gasteiger partial charge in [0.25, 0.3) is 0 Å². The second-order valence-corrected chi connectivity index (χ2v) is 5.43. The number of carbonyl (C=O) groups excluding carboxylic acids is 1. The lowest BCUT2D eigenvalue weighted by atomic mass is 10.2. The van der Waals surface area contributed by atoms with Gasteiger partial charge in [0.2, 0.25) is 5.91 Å². The minimum atomic E-state index is 0.145. The zero-order valence-electron chi connectivity index (χ0n) is 11.2. The van der Waals surface area contributed by atoms with Crippen LogP contribution in [0.15, 0.2) is 24.3 Å². The molecular formula is C15H22N2O. The highest BCUT2D eigenvalue weighted by atomic mass is 16.1. The zero-order chi connectivity index (χ0) is 13.0. The lowest BCUT2D eigenvalue weighted by Crippen LogP contribution is -2.21. The van der Waals surface area contributed by atoms with Gasteiger partial charge in [0.05, 0.1) is 0 Å². The van der Waals surface area contributed by atoms with Crippen LogP contribution in [-0.2, 0) is 11.3 Å². The fourth-order valence-corrected chi connectivity index (χ4v) is 1.88. The molecule has 0 bridgehead atoms. The second kappa shape index (κ2) is 6.01. The van der Waals surface area contributed by atoms with Crippen LogP contribution >= 0.6 is 0 Å². The van der Waals surface area contributed by atoms with Crippen LogP contribution in [0.5, 0.6) is 0 Å². The van der Waals surface area contributed by atoms with Crippen LogP contribution in [-0.4, -0.2) is 11.9 Å². The summed E-state index contributed by atoms with van der Waals surface area (Å²) in [5.74, 6) is 0.780. The number of carbonyl (C=O) groups is 1. The lowest BCUT2D eigenvalue weighted by molar-refractivity contribution is -0.116. The molecule has 2 N–H and O–H groups in total. The lowest BCUT2D eigenvalue weighted by Gasteiger charge is -2.10. The number of rotatable bonds is 6. The van der Waals surface area contributed by atoms with E-state index in [2.05, 4.69) is 30.5 Å². The van der Waals surface area contributed by atoms with Crippen molar-refractivity contribution in [3.05, 3.63) is 29.8 Å². The van der Waals surface area contributed by atoms with Gasteiger partial charge in [0.1, 0.15) is 0 Å². The number of hydrogen-bond donors (Lipinski definition) is 2. The van der Waals surface area contributed by atoms with Crippen molar-refractivity contribution < 1.29 is 4.79 Å². The van der Waals surface area contributed by atoms with Gasteiger partial charge in [0, 0.05) is 24.7 Å². The Bertz CT molecular complexity index is 411. The van der Waals surface area contributed by atoms with Crippen LogP contribution in [0.25, 0.3) is 0 Å². The normalized spacial score (nSPS) is 14.8.